The zero-order chi connectivity index (χ0) is 19.6. The molecule has 2 heterocycles. The molecule has 0 spiro atoms. The van der Waals surface area contributed by atoms with Crippen LogP contribution in [0.25, 0.3) is 6.08 Å². The molecule has 144 valence electrons. The van der Waals surface area contributed by atoms with Crippen molar-refractivity contribution in [2.45, 2.75) is 25.3 Å². The Bertz CT molecular complexity index is 1050. The Morgan fingerprint density at radius 1 is 1.00 bits per heavy atom. The van der Waals surface area contributed by atoms with Crippen molar-refractivity contribution < 1.29 is 4.79 Å². The molecule has 3 nitrogen and oxygen atoms in total. The number of rotatable bonds is 3. The van der Waals surface area contributed by atoms with Crippen molar-refractivity contribution in [3.05, 3.63) is 99.8 Å². The Labute approximate surface area is 175 Å². The predicted molar refractivity (Wildman–Crippen MR) is 119 cm³/mol. The lowest BCUT2D eigenvalue weighted by Crippen LogP contribution is -2.31. The van der Waals surface area contributed by atoms with Crippen molar-refractivity contribution in [3.8, 4) is 0 Å². The van der Waals surface area contributed by atoms with Gasteiger partial charge >= 0.3 is 0 Å². The topological polar surface area (TPSA) is 32.7 Å². The van der Waals surface area contributed by atoms with Crippen LogP contribution in [-0.2, 0) is 0 Å². The lowest BCUT2D eigenvalue weighted by atomic mass is 9.77. The largest absolute Gasteiger partial charge is 0.284 e. The highest BCUT2D eigenvalue weighted by atomic mass is 32.1. The number of carbonyl (C=O) groups excluding carboxylic acids is 1. The average molecular weight is 399 g/mol. The van der Waals surface area contributed by atoms with Crippen molar-refractivity contribution in [1.29, 1.82) is 0 Å². The molecule has 2 aromatic carbocycles. The second-order valence-corrected chi connectivity index (χ2v) is 8.49. The maximum absolute atomic E-state index is 13.3. The van der Waals surface area contributed by atoms with Gasteiger partial charge in [-0.3, -0.25) is 4.79 Å². The molecular weight excluding hydrogens is 376 g/mol. The predicted octanol–water partition coefficient (Wildman–Crippen LogP) is 6.18. The first-order chi connectivity index (χ1) is 14.3. The van der Waals surface area contributed by atoms with Gasteiger partial charge in [0.15, 0.2) is 0 Å². The van der Waals surface area contributed by atoms with Gasteiger partial charge in [-0.2, -0.15) is 5.10 Å². The molecule has 1 fully saturated rings. The molecule has 4 heteroatoms. The minimum atomic E-state index is -0.0414. The fourth-order valence-electron chi connectivity index (χ4n) is 4.42. The van der Waals surface area contributed by atoms with Crippen LogP contribution in [0.5, 0.6) is 0 Å². The van der Waals surface area contributed by atoms with Crippen molar-refractivity contribution in [2.75, 3.05) is 0 Å². The molecule has 0 radical (unpaired) electrons. The van der Waals surface area contributed by atoms with Crippen LogP contribution in [0.2, 0.25) is 0 Å². The van der Waals surface area contributed by atoms with E-state index in [4.69, 9.17) is 5.10 Å². The number of nitrogens with zero attached hydrogens (tertiary/aromatic N) is 2. The quantitative estimate of drug-likeness (QED) is 0.518. The summed E-state index contributed by atoms with van der Waals surface area (Å²) in [6.45, 7) is 0. The van der Waals surface area contributed by atoms with Crippen LogP contribution in [0.3, 0.4) is 0 Å². The summed E-state index contributed by atoms with van der Waals surface area (Å²) in [4.78, 5) is 14.0. The third kappa shape index (κ3) is 3.45. The minimum absolute atomic E-state index is 0.00480. The summed E-state index contributed by atoms with van der Waals surface area (Å²) >= 11 is 1.48. The summed E-state index contributed by atoms with van der Waals surface area (Å²) < 4.78 is 0. The SMILES string of the molecule is O=C(c1cccs1)N1N=C2/C(=C/c3ccccc3)CCC[C@@H]2[C@H]1c1ccccc1. The number of fused-ring (bicyclic) bond motifs is 1. The van der Waals surface area contributed by atoms with Gasteiger partial charge in [-0.1, -0.05) is 66.7 Å². The van der Waals surface area contributed by atoms with Gasteiger partial charge < -0.3 is 0 Å². The smallest absolute Gasteiger partial charge is 0.266 e. The van der Waals surface area contributed by atoms with Crippen LogP contribution in [0.4, 0.5) is 0 Å². The minimum Gasteiger partial charge on any atom is -0.266 e. The van der Waals surface area contributed by atoms with Gasteiger partial charge in [0.1, 0.15) is 0 Å². The normalized spacial score (nSPS) is 22.4. The van der Waals surface area contributed by atoms with E-state index in [1.807, 2.05) is 41.8 Å². The fourth-order valence-corrected chi connectivity index (χ4v) is 5.07. The summed E-state index contributed by atoms with van der Waals surface area (Å²) in [5.74, 6) is 0.236. The highest BCUT2D eigenvalue weighted by Crippen LogP contribution is 2.45. The van der Waals surface area contributed by atoms with Gasteiger partial charge in [-0.05, 0) is 53.5 Å². The molecule has 29 heavy (non-hydrogen) atoms. The standard InChI is InChI=1S/C25H22N2OS/c28-25(22-15-8-16-29-22)27-24(19-11-5-2-6-12-19)21-14-7-13-20(23(21)26-27)17-18-9-3-1-4-10-18/h1-6,8-12,15-17,21,24H,7,13-14H2/b20-17+/t21-,24+/m0/s1. The first kappa shape index (κ1) is 18.1. The Morgan fingerprint density at radius 2 is 1.76 bits per heavy atom. The Hall–Kier alpha value is -2.98. The molecule has 2 atom stereocenters. The molecular formula is C25H22N2OS. The molecule has 2 aliphatic rings. The third-order valence-electron chi connectivity index (χ3n) is 5.72. The van der Waals surface area contributed by atoms with E-state index in [9.17, 15) is 4.79 Å². The lowest BCUT2D eigenvalue weighted by Gasteiger charge is -2.29. The summed E-state index contributed by atoms with van der Waals surface area (Å²) in [5.41, 5.74) is 4.68. The van der Waals surface area contributed by atoms with E-state index in [1.54, 1.807) is 5.01 Å². The molecule has 3 aromatic rings. The molecule has 1 aliphatic carbocycles. The van der Waals surface area contributed by atoms with E-state index in [2.05, 4.69) is 42.5 Å². The maximum Gasteiger partial charge on any atom is 0.284 e. The number of hydrogen-bond acceptors (Lipinski definition) is 3. The van der Waals surface area contributed by atoms with Crippen LogP contribution in [0, 0.1) is 5.92 Å². The lowest BCUT2D eigenvalue weighted by molar-refractivity contribution is 0.0686. The van der Waals surface area contributed by atoms with Gasteiger partial charge in [0, 0.05) is 5.92 Å². The zero-order valence-corrected chi connectivity index (χ0v) is 16.9. The van der Waals surface area contributed by atoms with Crippen LogP contribution >= 0.6 is 11.3 Å². The summed E-state index contributed by atoms with van der Waals surface area (Å²) in [6, 6.07) is 24.5. The van der Waals surface area contributed by atoms with Crippen molar-refractivity contribution in [3.63, 3.8) is 0 Å². The molecule has 1 aromatic heterocycles. The van der Waals surface area contributed by atoms with Crippen molar-refractivity contribution in [2.24, 2.45) is 11.0 Å². The number of thiophene rings is 1. The number of hydrogen-bond donors (Lipinski definition) is 0. The highest BCUT2D eigenvalue weighted by Gasteiger charge is 2.44. The molecule has 0 N–H and O–H groups in total. The van der Waals surface area contributed by atoms with Gasteiger partial charge in [0.2, 0.25) is 0 Å². The monoisotopic (exact) mass is 398 g/mol. The van der Waals surface area contributed by atoms with Gasteiger partial charge in [-0.25, -0.2) is 5.01 Å². The molecule has 0 saturated heterocycles. The number of carbonyl (C=O) groups is 1. The summed E-state index contributed by atoms with van der Waals surface area (Å²) in [7, 11) is 0. The second-order valence-electron chi connectivity index (χ2n) is 7.55. The van der Waals surface area contributed by atoms with E-state index in [0.717, 1.165) is 35.4 Å². The van der Waals surface area contributed by atoms with E-state index in [1.165, 1.54) is 22.5 Å². The van der Waals surface area contributed by atoms with Gasteiger partial charge in [-0.15, -0.1) is 11.3 Å². The zero-order valence-electron chi connectivity index (χ0n) is 16.1. The van der Waals surface area contributed by atoms with Gasteiger partial charge in [0.25, 0.3) is 5.91 Å². The maximum atomic E-state index is 13.3. The number of benzene rings is 2. The third-order valence-corrected chi connectivity index (χ3v) is 6.58. The van der Waals surface area contributed by atoms with E-state index in [-0.39, 0.29) is 17.9 Å². The molecule has 0 bridgehead atoms. The highest BCUT2D eigenvalue weighted by molar-refractivity contribution is 7.12. The number of allylic oxidation sites excluding steroid dienone is 1. The van der Waals surface area contributed by atoms with E-state index >= 15 is 0 Å². The van der Waals surface area contributed by atoms with Crippen LogP contribution < -0.4 is 0 Å². The molecule has 0 unspecified atom stereocenters. The van der Waals surface area contributed by atoms with Crippen molar-refractivity contribution >= 4 is 29.0 Å². The fraction of sp³-hybridized carbons (Fsp3) is 0.200. The van der Waals surface area contributed by atoms with Crippen LogP contribution in [0.15, 0.2) is 88.9 Å². The van der Waals surface area contributed by atoms with Crippen molar-refractivity contribution in [1.82, 2.24) is 5.01 Å². The molecule has 1 aliphatic heterocycles. The van der Waals surface area contributed by atoms with Gasteiger partial charge in [0.05, 0.1) is 16.6 Å². The molecule has 1 saturated carbocycles. The van der Waals surface area contributed by atoms with E-state index in [0.29, 0.717) is 0 Å². The molecule has 1 amide bonds. The van der Waals surface area contributed by atoms with Crippen LogP contribution in [-0.4, -0.2) is 16.6 Å². The summed E-state index contributed by atoms with van der Waals surface area (Å²) in [6.07, 6.45) is 5.42. The second kappa shape index (κ2) is 7.80. The number of amides is 1. The average Bonchev–Trinajstić information content (AvgIpc) is 3.43. The van der Waals surface area contributed by atoms with Crippen LogP contribution in [0.1, 0.15) is 46.1 Å². The Kier molecular flexibility index (Phi) is 4.86. The first-order valence-corrected chi connectivity index (χ1v) is 11.0. The molecule has 5 rings (SSSR count). The van der Waals surface area contributed by atoms with E-state index < -0.39 is 0 Å². The Balaban J connectivity index is 1.58. The number of hydrazone groups is 1. The Morgan fingerprint density at radius 3 is 2.48 bits per heavy atom. The first-order valence-electron chi connectivity index (χ1n) is 10.1. The summed E-state index contributed by atoms with van der Waals surface area (Å²) in [5, 5.41) is 8.63.